The summed E-state index contributed by atoms with van der Waals surface area (Å²) in [5, 5.41) is 0. The van der Waals surface area contributed by atoms with Crippen molar-refractivity contribution in [3.63, 3.8) is 0 Å². The van der Waals surface area contributed by atoms with Crippen LogP contribution in [0.25, 0.3) is 16.6 Å². The summed E-state index contributed by atoms with van der Waals surface area (Å²) in [6.45, 7) is 4.67. The summed E-state index contributed by atoms with van der Waals surface area (Å²) in [5.74, 6) is 0. The van der Waals surface area contributed by atoms with Crippen molar-refractivity contribution >= 4 is 26.6 Å². The maximum absolute atomic E-state index is 13.0. The van der Waals surface area contributed by atoms with Gasteiger partial charge in [-0.1, -0.05) is 23.8 Å². The van der Waals surface area contributed by atoms with E-state index >= 15 is 0 Å². The molecule has 2 aromatic heterocycles. The standard InChI is InChI=1S/C20H21N3O2S/c1-14-5-6-19(15(2)12-14)26(24,25)23-10-7-16(8-11-23)17-13-22-18-4-3-9-21-20(17)18/h3-7,9,12-13,22H,8,10-11H2,1-2H3. The van der Waals surface area contributed by atoms with Crippen LogP contribution in [0.5, 0.6) is 0 Å². The summed E-state index contributed by atoms with van der Waals surface area (Å²) in [6, 6.07) is 9.36. The van der Waals surface area contributed by atoms with Gasteiger partial charge in [-0.3, -0.25) is 4.98 Å². The first kappa shape index (κ1) is 17.0. The van der Waals surface area contributed by atoms with E-state index < -0.39 is 10.0 Å². The summed E-state index contributed by atoms with van der Waals surface area (Å²) in [6.07, 6.45) is 6.41. The lowest BCUT2D eigenvalue weighted by molar-refractivity contribution is 0.441. The first-order valence-electron chi connectivity index (χ1n) is 8.66. The molecule has 0 saturated heterocycles. The number of aromatic nitrogens is 2. The van der Waals surface area contributed by atoms with E-state index in [1.807, 2.05) is 50.4 Å². The van der Waals surface area contributed by atoms with Gasteiger partial charge in [0, 0.05) is 31.0 Å². The van der Waals surface area contributed by atoms with E-state index in [1.165, 1.54) is 0 Å². The monoisotopic (exact) mass is 367 g/mol. The van der Waals surface area contributed by atoms with Gasteiger partial charge >= 0.3 is 0 Å². The fourth-order valence-electron chi connectivity index (χ4n) is 3.54. The van der Waals surface area contributed by atoms with Crippen LogP contribution < -0.4 is 0 Å². The highest BCUT2D eigenvalue weighted by atomic mass is 32.2. The van der Waals surface area contributed by atoms with Crippen molar-refractivity contribution in [2.75, 3.05) is 13.1 Å². The topological polar surface area (TPSA) is 66.1 Å². The Bertz CT molecular complexity index is 1110. The van der Waals surface area contributed by atoms with Crippen LogP contribution in [0.2, 0.25) is 0 Å². The molecular formula is C20H21N3O2S. The summed E-state index contributed by atoms with van der Waals surface area (Å²) in [5.41, 5.74) is 5.99. The van der Waals surface area contributed by atoms with Crippen LogP contribution in [-0.2, 0) is 10.0 Å². The summed E-state index contributed by atoms with van der Waals surface area (Å²) in [4.78, 5) is 8.07. The number of nitrogens with one attached hydrogen (secondary N) is 1. The zero-order chi connectivity index (χ0) is 18.3. The Morgan fingerprint density at radius 2 is 2.04 bits per heavy atom. The Morgan fingerprint density at radius 3 is 2.77 bits per heavy atom. The average molecular weight is 367 g/mol. The molecule has 6 heteroatoms. The molecule has 134 valence electrons. The molecule has 5 nitrogen and oxygen atoms in total. The van der Waals surface area contributed by atoms with Gasteiger partial charge in [-0.25, -0.2) is 8.42 Å². The van der Waals surface area contributed by atoms with E-state index in [9.17, 15) is 8.42 Å². The van der Waals surface area contributed by atoms with Gasteiger partial charge < -0.3 is 4.98 Å². The van der Waals surface area contributed by atoms with Crippen LogP contribution in [0.4, 0.5) is 0 Å². The molecule has 0 atom stereocenters. The van der Waals surface area contributed by atoms with Crippen molar-refractivity contribution in [1.82, 2.24) is 14.3 Å². The third kappa shape index (κ3) is 2.85. The second kappa shape index (κ2) is 6.37. The van der Waals surface area contributed by atoms with Crippen molar-refractivity contribution in [2.45, 2.75) is 25.2 Å². The summed E-state index contributed by atoms with van der Waals surface area (Å²) in [7, 11) is -3.48. The Morgan fingerprint density at radius 1 is 1.19 bits per heavy atom. The normalized spacial score (nSPS) is 16.0. The van der Waals surface area contributed by atoms with Gasteiger partial charge in [0.05, 0.1) is 15.9 Å². The lowest BCUT2D eigenvalue weighted by Gasteiger charge is -2.26. The molecule has 3 heterocycles. The van der Waals surface area contributed by atoms with Crippen LogP contribution in [-0.4, -0.2) is 35.8 Å². The van der Waals surface area contributed by atoms with E-state index in [-0.39, 0.29) is 0 Å². The average Bonchev–Trinajstić information content (AvgIpc) is 3.05. The molecule has 0 amide bonds. The number of rotatable bonds is 3. The highest BCUT2D eigenvalue weighted by Crippen LogP contribution is 2.30. The molecule has 1 N–H and O–H groups in total. The van der Waals surface area contributed by atoms with E-state index in [4.69, 9.17) is 0 Å². The minimum absolute atomic E-state index is 0.379. The quantitative estimate of drug-likeness (QED) is 0.768. The molecule has 0 aliphatic carbocycles. The molecule has 3 aromatic rings. The smallest absolute Gasteiger partial charge is 0.243 e. The summed E-state index contributed by atoms with van der Waals surface area (Å²) >= 11 is 0. The number of H-pyrrole nitrogens is 1. The Balaban J connectivity index is 1.63. The molecule has 0 spiro atoms. The molecule has 0 saturated carbocycles. The van der Waals surface area contributed by atoms with Gasteiger partial charge in [-0.2, -0.15) is 4.31 Å². The van der Waals surface area contributed by atoms with Gasteiger partial charge in [-0.15, -0.1) is 0 Å². The molecule has 1 aliphatic rings. The van der Waals surface area contributed by atoms with Crippen molar-refractivity contribution in [3.8, 4) is 0 Å². The number of benzene rings is 1. The van der Waals surface area contributed by atoms with Crippen molar-refractivity contribution in [3.05, 3.63) is 65.5 Å². The minimum atomic E-state index is -3.48. The Hall–Kier alpha value is -2.44. The fourth-order valence-corrected chi connectivity index (χ4v) is 5.13. The molecule has 0 unspecified atom stereocenters. The van der Waals surface area contributed by atoms with Gasteiger partial charge in [-0.05, 0) is 49.6 Å². The molecular weight excluding hydrogens is 346 g/mol. The lowest BCUT2D eigenvalue weighted by atomic mass is 10.0. The molecule has 0 fully saturated rings. The van der Waals surface area contributed by atoms with Crippen molar-refractivity contribution in [1.29, 1.82) is 0 Å². The third-order valence-electron chi connectivity index (χ3n) is 4.90. The number of nitrogens with zero attached hydrogens (tertiary/aromatic N) is 2. The third-order valence-corrected chi connectivity index (χ3v) is 6.93. The number of aromatic amines is 1. The first-order chi connectivity index (χ1) is 12.5. The number of hydrogen-bond acceptors (Lipinski definition) is 3. The van der Waals surface area contributed by atoms with Crippen molar-refractivity contribution < 1.29 is 8.42 Å². The molecule has 1 aromatic carbocycles. The zero-order valence-electron chi connectivity index (χ0n) is 14.9. The van der Waals surface area contributed by atoms with Gasteiger partial charge in [0.25, 0.3) is 0 Å². The number of sulfonamides is 1. The first-order valence-corrected chi connectivity index (χ1v) is 10.1. The SMILES string of the molecule is Cc1ccc(S(=O)(=O)N2CC=C(c3c[nH]c4cccnc34)CC2)c(C)c1. The van der Waals surface area contributed by atoms with E-state index in [1.54, 1.807) is 16.6 Å². The second-order valence-corrected chi connectivity index (χ2v) is 8.62. The molecule has 0 bridgehead atoms. The van der Waals surface area contributed by atoms with Crippen molar-refractivity contribution in [2.24, 2.45) is 0 Å². The summed E-state index contributed by atoms with van der Waals surface area (Å²) < 4.78 is 27.6. The highest BCUT2D eigenvalue weighted by Gasteiger charge is 2.28. The Kier molecular flexibility index (Phi) is 4.17. The fraction of sp³-hybridized carbons (Fsp3) is 0.250. The number of fused-ring (bicyclic) bond motifs is 1. The van der Waals surface area contributed by atoms with Crippen LogP contribution in [0.1, 0.15) is 23.1 Å². The molecule has 1 aliphatic heterocycles. The number of aryl methyl sites for hydroxylation is 2. The molecule has 26 heavy (non-hydrogen) atoms. The molecule has 0 radical (unpaired) electrons. The van der Waals surface area contributed by atoms with Crippen LogP contribution >= 0.6 is 0 Å². The van der Waals surface area contributed by atoms with Gasteiger partial charge in [0.2, 0.25) is 10.0 Å². The predicted octanol–water partition coefficient (Wildman–Crippen LogP) is 3.66. The maximum atomic E-state index is 13.0. The minimum Gasteiger partial charge on any atom is -0.359 e. The van der Waals surface area contributed by atoms with Crippen LogP contribution in [0.3, 0.4) is 0 Å². The van der Waals surface area contributed by atoms with Crippen LogP contribution in [0.15, 0.2) is 53.7 Å². The second-order valence-electron chi connectivity index (χ2n) is 6.71. The zero-order valence-corrected chi connectivity index (χ0v) is 15.7. The van der Waals surface area contributed by atoms with E-state index in [2.05, 4.69) is 9.97 Å². The largest absolute Gasteiger partial charge is 0.359 e. The Labute approximate surface area is 153 Å². The van der Waals surface area contributed by atoms with Gasteiger partial charge in [0.15, 0.2) is 0 Å². The highest BCUT2D eigenvalue weighted by molar-refractivity contribution is 7.89. The van der Waals surface area contributed by atoms with Gasteiger partial charge in [0.1, 0.15) is 0 Å². The lowest BCUT2D eigenvalue weighted by Crippen LogP contribution is -2.35. The predicted molar refractivity (Wildman–Crippen MR) is 103 cm³/mol. The van der Waals surface area contributed by atoms with E-state index in [0.717, 1.165) is 33.3 Å². The number of pyridine rings is 1. The maximum Gasteiger partial charge on any atom is 0.243 e. The van der Waals surface area contributed by atoms with E-state index in [0.29, 0.717) is 24.4 Å². The van der Waals surface area contributed by atoms with Crippen LogP contribution in [0, 0.1) is 13.8 Å². The number of hydrogen-bond donors (Lipinski definition) is 1. The molecule has 4 rings (SSSR count).